The number of nitrogens with zero attached hydrogens (tertiary/aromatic N) is 1. The van der Waals surface area contributed by atoms with E-state index in [1.54, 1.807) is 7.11 Å². The summed E-state index contributed by atoms with van der Waals surface area (Å²) in [5, 5.41) is 2.39. The molecule has 1 atom stereocenters. The molecule has 116 valence electrons. The van der Waals surface area contributed by atoms with E-state index in [-0.39, 0.29) is 17.3 Å². The molecule has 0 spiro atoms. The molecule has 1 N–H and O–H groups in total. The predicted octanol–water partition coefficient (Wildman–Crippen LogP) is 2.07. The molecule has 1 fully saturated rings. The van der Waals surface area contributed by atoms with Crippen LogP contribution < -0.4 is 5.32 Å². The van der Waals surface area contributed by atoms with Crippen molar-refractivity contribution in [1.82, 2.24) is 10.2 Å². The molecule has 1 heterocycles. The van der Waals surface area contributed by atoms with Gasteiger partial charge in [-0.25, -0.2) is 0 Å². The molecule has 1 aliphatic heterocycles. The number of methoxy groups -OCH3 is 1. The lowest BCUT2D eigenvalue weighted by atomic mass is 9.79. The van der Waals surface area contributed by atoms with Crippen LogP contribution in [0.15, 0.2) is 0 Å². The first kappa shape index (κ1) is 17.3. The molecule has 6 heteroatoms. The van der Waals surface area contributed by atoms with Gasteiger partial charge in [0.25, 0.3) is 5.24 Å². The summed E-state index contributed by atoms with van der Waals surface area (Å²) in [7, 11) is 1.68. The van der Waals surface area contributed by atoms with E-state index >= 15 is 0 Å². The number of hydrogen-bond donors (Lipinski definition) is 2. The Morgan fingerprint density at radius 1 is 1.35 bits per heavy atom. The smallest absolute Gasteiger partial charge is 0.276 e. The molecule has 5 nitrogen and oxygen atoms in total. The van der Waals surface area contributed by atoms with E-state index in [4.69, 9.17) is 4.74 Å². The van der Waals surface area contributed by atoms with E-state index in [1.165, 1.54) is 0 Å². The monoisotopic (exact) mass is 302 g/mol. The summed E-state index contributed by atoms with van der Waals surface area (Å²) in [5.41, 5.74) is -1.01. The molecule has 0 aromatic carbocycles. The predicted molar refractivity (Wildman–Crippen MR) is 82.0 cm³/mol. The number of likely N-dealkylation sites (tertiary alicyclic amines) is 1. The lowest BCUT2D eigenvalue weighted by Gasteiger charge is -2.36. The van der Waals surface area contributed by atoms with Crippen LogP contribution in [-0.4, -0.2) is 47.9 Å². The van der Waals surface area contributed by atoms with Crippen molar-refractivity contribution < 1.29 is 14.3 Å². The van der Waals surface area contributed by atoms with Gasteiger partial charge in [0.1, 0.15) is 0 Å². The molecule has 0 bridgehead atoms. The Morgan fingerprint density at radius 2 is 1.95 bits per heavy atom. The minimum Gasteiger partial charge on any atom is -0.380 e. The fraction of sp³-hybridized carbons (Fsp3) is 0.857. The Morgan fingerprint density at radius 3 is 2.40 bits per heavy atom. The lowest BCUT2D eigenvalue weighted by molar-refractivity contribution is -0.140. The molecule has 2 amide bonds. The second kappa shape index (κ2) is 6.35. The van der Waals surface area contributed by atoms with Gasteiger partial charge in [0, 0.05) is 31.2 Å². The Labute approximate surface area is 126 Å². The van der Waals surface area contributed by atoms with E-state index in [2.05, 4.69) is 17.9 Å². The molecule has 1 saturated heterocycles. The van der Waals surface area contributed by atoms with Crippen LogP contribution in [0.2, 0.25) is 0 Å². The van der Waals surface area contributed by atoms with Crippen molar-refractivity contribution in [3.8, 4) is 0 Å². The molecule has 0 aliphatic carbocycles. The number of carbonyl (C=O) groups excluding carboxylic acids is 2. The first-order chi connectivity index (χ1) is 9.07. The van der Waals surface area contributed by atoms with Gasteiger partial charge in [0.15, 0.2) is 0 Å². The van der Waals surface area contributed by atoms with Crippen LogP contribution in [0.4, 0.5) is 4.79 Å². The molecule has 20 heavy (non-hydrogen) atoms. The second-order valence-corrected chi connectivity index (χ2v) is 7.18. The summed E-state index contributed by atoms with van der Waals surface area (Å²) in [5.74, 6) is 0.110. The third-order valence-corrected chi connectivity index (χ3v) is 3.79. The van der Waals surface area contributed by atoms with Crippen molar-refractivity contribution in [1.29, 1.82) is 0 Å². The summed E-state index contributed by atoms with van der Waals surface area (Å²) in [6.07, 6.45) is 1.58. The van der Waals surface area contributed by atoms with E-state index in [1.807, 2.05) is 32.6 Å². The van der Waals surface area contributed by atoms with Crippen molar-refractivity contribution in [3.63, 3.8) is 0 Å². The summed E-state index contributed by atoms with van der Waals surface area (Å²) >= 11 is 3.74. The topological polar surface area (TPSA) is 58.6 Å². The average Bonchev–Trinajstić information content (AvgIpc) is 2.72. The highest BCUT2D eigenvalue weighted by Crippen LogP contribution is 2.31. The van der Waals surface area contributed by atoms with Crippen LogP contribution >= 0.6 is 12.6 Å². The van der Waals surface area contributed by atoms with Crippen molar-refractivity contribution in [3.05, 3.63) is 0 Å². The van der Waals surface area contributed by atoms with Crippen molar-refractivity contribution >= 4 is 23.8 Å². The minimum atomic E-state index is -0.539. The third-order valence-electron chi connectivity index (χ3n) is 3.67. The second-order valence-electron chi connectivity index (χ2n) is 6.77. The number of ether oxygens (including phenoxy) is 1. The molecule has 1 rings (SSSR count). The number of hydrogen-bond acceptors (Lipinski definition) is 3. The Bertz CT molecular complexity index is 383. The third kappa shape index (κ3) is 4.66. The Hall–Kier alpha value is -0.750. The maximum atomic E-state index is 12.6. The van der Waals surface area contributed by atoms with E-state index in [9.17, 15) is 9.59 Å². The number of rotatable bonds is 5. The molecule has 0 saturated carbocycles. The quantitative estimate of drug-likeness (QED) is 0.764. The van der Waals surface area contributed by atoms with Crippen LogP contribution in [0.1, 0.15) is 40.5 Å². The number of carbonyl (C=O) groups is 2. The van der Waals surface area contributed by atoms with Gasteiger partial charge in [0.2, 0.25) is 5.91 Å². The Kier molecular flexibility index (Phi) is 5.49. The standard InChI is InChI=1S/C14H26N2O3S/c1-13(2,9-14(3,4)15-12(18)20)11(17)16-7-6-10(8-16)19-5/h10H,6-9H2,1-5H3,(H2,15,18,20). The first-order valence-electron chi connectivity index (χ1n) is 6.91. The molecule has 0 aromatic heterocycles. The largest absolute Gasteiger partial charge is 0.380 e. The van der Waals surface area contributed by atoms with Crippen LogP contribution in [0.3, 0.4) is 0 Å². The number of thiol groups is 1. The maximum Gasteiger partial charge on any atom is 0.276 e. The molecule has 0 aromatic rings. The van der Waals surface area contributed by atoms with Gasteiger partial charge >= 0.3 is 0 Å². The summed E-state index contributed by atoms with van der Waals surface area (Å²) in [6.45, 7) is 9.03. The van der Waals surface area contributed by atoms with E-state index in [0.29, 0.717) is 13.0 Å². The molecule has 1 unspecified atom stereocenters. The van der Waals surface area contributed by atoms with Gasteiger partial charge in [-0.3, -0.25) is 9.59 Å². The van der Waals surface area contributed by atoms with Crippen LogP contribution in [0, 0.1) is 5.41 Å². The van der Waals surface area contributed by atoms with Gasteiger partial charge in [-0.15, -0.1) is 0 Å². The highest BCUT2D eigenvalue weighted by Gasteiger charge is 2.39. The van der Waals surface area contributed by atoms with E-state index in [0.717, 1.165) is 13.0 Å². The van der Waals surface area contributed by atoms with Gasteiger partial charge in [-0.05, 0) is 26.7 Å². The SMILES string of the molecule is COC1CCN(C(=O)C(C)(C)CC(C)(C)NC(=O)S)C1. The summed E-state index contributed by atoms with van der Waals surface area (Å²) in [4.78, 5) is 25.6. The van der Waals surface area contributed by atoms with Gasteiger partial charge in [-0.2, -0.15) is 0 Å². The normalized spacial score (nSPS) is 20.1. The molecular weight excluding hydrogens is 276 g/mol. The lowest BCUT2D eigenvalue weighted by Crippen LogP contribution is -2.49. The van der Waals surface area contributed by atoms with E-state index < -0.39 is 11.0 Å². The van der Waals surface area contributed by atoms with Gasteiger partial charge in [-0.1, -0.05) is 26.5 Å². The number of amides is 2. The summed E-state index contributed by atoms with van der Waals surface area (Å²) < 4.78 is 5.30. The van der Waals surface area contributed by atoms with Gasteiger partial charge in [0.05, 0.1) is 6.10 Å². The average molecular weight is 302 g/mol. The number of nitrogens with one attached hydrogen (secondary N) is 1. The van der Waals surface area contributed by atoms with Crippen LogP contribution in [0.25, 0.3) is 0 Å². The molecule has 0 radical (unpaired) electrons. The first-order valence-corrected chi connectivity index (χ1v) is 7.35. The Balaban J connectivity index is 2.68. The van der Waals surface area contributed by atoms with Crippen molar-refractivity contribution in [2.24, 2.45) is 5.41 Å². The van der Waals surface area contributed by atoms with Gasteiger partial charge < -0.3 is 15.0 Å². The zero-order valence-electron chi connectivity index (χ0n) is 13.0. The minimum absolute atomic E-state index is 0.110. The fourth-order valence-corrected chi connectivity index (χ4v) is 3.35. The molecule has 1 aliphatic rings. The highest BCUT2D eigenvalue weighted by atomic mass is 32.1. The van der Waals surface area contributed by atoms with Crippen LogP contribution in [-0.2, 0) is 9.53 Å². The summed E-state index contributed by atoms with van der Waals surface area (Å²) in [6, 6.07) is 0. The maximum absolute atomic E-state index is 12.6. The zero-order chi connectivity index (χ0) is 15.6. The zero-order valence-corrected chi connectivity index (χ0v) is 13.9. The van der Waals surface area contributed by atoms with Crippen molar-refractivity contribution in [2.75, 3.05) is 20.2 Å². The highest BCUT2D eigenvalue weighted by molar-refractivity contribution is 7.96. The van der Waals surface area contributed by atoms with Crippen LogP contribution in [0.5, 0.6) is 0 Å². The van der Waals surface area contributed by atoms with Crippen molar-refractivity contribution in [2.45, 2.75) is 52.2 Å². The molecular formula is C14H26N2O3S. The fourth-order valence-electron chi connectivity index (χ4n) is 3.05.